The van der Waals surface area contributed by atoms with Crippen molar-refractivity contribution in [3.63, 3.8) is 0 Å². The zero-order valence-electron chi connectivity index (χ0n) is 14.4. The van der Waals surface area contributed by atoms with Crippen LogP contribution < -0.4 is 0 Å². The maximum atomic E-state index is 13.8. The number of hydrogen-bond donors (Lipinski definition) is 0. The average Bonchev–Trinajstić information content (AvgIpc) is 2.87. The largest absolute Gasteiger partial charge is 0.207 e. The van der Waals surface area contributed by atoms with Crippen molar-refractivity contribution in [2.24, 2.45) is 0 Å². The zero-order valence-corrected chi connectivity index (χ0v) is 15.3. The van der Waals surface area contributed by atoms with E-state index in [1.54, 1.807) is 0 Å². The predicted molar refractivity (Wildman–Crippen MR) is 104 cm³/mol. The summed E-state index contributed by atoms with van der Waals surface area (Å²) < 4.78 is 29.7. The third-order valence-corrected chi connectivity index (χ3v) is 6.90. The molecule has 25 heavy (non-hydrogen) atoms. The lowest BCUT2D eigenvalue weighted by atomic mass is 9.87. The molecule has 0 saturated heterocycles. The minimum atomic E-state index is -0.325. The minimum Gasteiger partial charge on any atom is -0.207 e. The van der Waals surface area contributed by atoms with E-state index in [1.165, 1.54) is 34.7 Å². The molecule has 0 nitrogen and oxygen atoms in total. The average molecular weight is 353 g/mol. The van der Waals surface area contributed by atoms with Crippen molar-refractivity contribution in [1.29, 1.82) is 0 Å². The van der Waals surface area contributed by atoms with Gasteiger partial charge in [-0.3, -0.25) is 0 Å². The highest BCUT2D eigenvalue weighted by atomic mass is 32.2. The van der Waals surface area contributed by atoms with Crippen molar-refractivity contribution in [3.05, 3.63) is 77.9 Å². The molecular weight excluding hydrogens is 334 g/mol. The highest BCUT2D eigenvalue weighted by Gasteiger charge is 2.25. The summed E-state index contributed by atoms with van der Waals surface area (Å²) in [5, 5.41) is 1.61. The van der Waals surface area contributed by atoms with E-state index < -0.39 is 0 Å². The third kappa shape index (κ3) is 2.73. The van der Waals surface area contributed by atoms with Gasteiger partial charge in [0.2, 0.25) is 0 Å². The third-order valence-electron chi connectivity index (χ3n) is 4.57. The Bertz CT molecular complexity index is 1020. The van der Waals surface area contributed by atoms with Gasteiger partial charge in [0.15, 0.2) is 14.3 Å². The van der Waals surface area contributed by atoms with E-state index in [9.17, 15) is 8.78 Å². The van der Waals surface area contributed by atoms with Crippen molar-refractivity contribution < 1.29 is 8.78 Å². The summed E-state index contributed by atoms with van der Waals surface area (Å²) in [6.07, 6.45) is 0. The fourth-order valence-corrected chi connectivity index (χ4v) is 5.58. The van der Waals surface area contributed by atoms with Crippen LogP contribution in [-0.2, 0) is 5.41 Å². The molecule has 1 heterocycles. The highest BCUT2D eigenvalue weighted by molar-refractivity contribution is 7.50. The molecular formula is C22H19F2S+. The van der Waals surface area contributed by atoms with Crippen molar-refractivity contribution in [3.8, 4) is 4.90 Å². The highest BCUT2D eigenvalue weighted by Crippen LogP contribution is 2.48. The number of thiophene rings is 1. The monoisotopic (exact) mass is 353 g/mol. The van der Waals surface area contributed by atoms with Gasteiger partial charge in [-0.1, -0.05) is 32.9 Å². The van der Waals surface area contributed by atoms with Crippen LogP contribution in [0.1, 0.15) is 26.3 Å². The molecule has 3 aromatic carbocycles. The van der Waals surface area contributed by atoms with Gasteiger partial charge in [0, 0.05) is 22.6 Å². The van der Waals surface area contributed by atoms with E-state index >= 15 is 0 Å². The maximum absolute atomic E-state index is 13.8. The van der Waals surface area contributed by atoms with E-state index in [-0.39, 0.29) is 27.5 Å². The smallest absolute Gasteiger partial charge is 0.187 e. The van der Waals surface area contributed by atoms with Gasteiger partial charge in [0.05, 0.1) is 10.8 Å². The molecule has 0 aliphatic heterocycles. The van der Waals surface area contributed by atoms with Crippen LogP contribution in [0, 0.1) is 11.6 Å². The van der Waals surface area contributed by atoms with Gasteiger partial charge < -0.3 is 0 Å². The number of rotatable bonds is 1. The molecule has 0 fully saturated rings. The summed E-state index contributed by atoms with van der Waals surface area (Å²) >= 11 is 0. The summed E-state index contributed by atoms with van der Waals surface area (Å²) in [5.74, 6) is -0.579. The lowest BCUT2D eigenvalue weighted by Crippen LogP contribution is -2.10. The fraction of sp³-hybridized carbons (Fsp3) is 0.182. The van der Waals surface area contributed by atoms with Crippen LogP contribution in [0.2, 0.25) is 0 Å². The second-order valence-corrected chi connectivity index (χ2v) is 9.32. The van der Waals surface area contributed by atoms with Gasteiger partial charge >= 0.3 is 0 Å². The molecule has 0 atom stereocenters. The number of benzene rings is 3. The van der Waals surface area contributed by atoms with Crippen molar-refractivity contribution in [2.75, 3.05) is 0 Å². The first-order valence-electron chi connectivity index (χ1n) is 8.29. The summed E-state index contributed by atoms with van der Waals surface area (Å²) in [5.41, 5.74) is 1.37. The molecule has 3 heteroatoms. The minimum absolute atomic E-state index is 0.0966. The van der Waals surface area contributed by atoms with Crippen LogP contribution in [0.3, 0.4) is 0 Å². The predicted octanol–water partition coefficient (Wildman–Crippen LogP) is 7.31. The van der Waals surface area contributed by atoms with E-state index in [0.29, 0.717) is 0 Å². The van der Waals surface area contributed by atoms with Gasteiger partial charge in [0.25, 0.3) is 0 Å². The second kappa shape index (κ2) is 5.63. The fourth-order valence-electron chi connectivity index (χ4n) is 3.24. The second-order valence-electron chi connectivity index (χ2n) is 7.36. The van der Waals surface area contributed by atoms with E-state index in [0.717, 1.165) is 20.2 Å². The van der Waals surface area contributed by atoms with Gasteiger partial charge in [-0.25, -0.2) is 8.78 Å². The molecule has 0 saturated carbocycles. The van der Waals surface area contributed by atoms with Crippen molar-refractivity contribution in [1.82, 2.24) is 0 Å². The van der Waals surface area contributed by atoms with Crippen LogP contribution in [-0.4, -0.2) is 0 Å². The summed E-state index contributed by atoms with van der Waals surface area (Å²) in [7, 11) is -0.325. The zero-order chi connectivity index (χ0) is 17.8. The van der Waals surface area contributed by atoms with Crippen molar-refractivity contribution in [2.45, 2.75) is 26.2 Å². The molecule has 0 unspecified atom stereocenters. The van der Waals surface area contributed by atoms with E-state index in [1.807, 2.05) is 12.1 Å². The standard InChI is InChI=1S/C22H19F2S/c1-22(2,3)14-4-8-17(9-5-14)25-20-10-6-15(23)12-18(20)19-13-16(24)7-11-21(19)25/h4-13H,1-3H3/q+1. The Morgan fingerprint density at radius 2 is 1.16 bits per heavy atom. The van der Waals surface area contributed by atoms with Gasteiger partial charge in [0.1, 0.15) is 11.6 Å². The quantitative estimate of drug-likeness (QED) is 0.315. The lowest BCUT2D eigenvalue weighted by Gasteiger charge is -2.18. The summed E-state index contributed by atoms with van der Waals surface area (Å²) in [4.78, 5) is 1.17. The first-order valence-corrected chi connectivity index (χ1v) is 9.51. The summed E-state index contributed by atoms with van der Waals surface area (Å²) in [6, 6.07) is 18.3. The van der Waals surface area contributed by atoms with Crippen LogP contribution in [0.15, 0.2) is 60.7 Å². The molecule has 0 radical (unpaired) electrons. The van der Waals surface area contributed by atoms with Crippen molar-refractivity contribution >= 4 is 30.6 Å². The number of hydrogen-bond acceptors (Lipinski definition) is 0. The van der Waals surface area contributed by atoms with Gasteiger partial charge in [-0.05, 0) is 47.4 Å². The van der Waals surface area contributed by atoms with Crippen LogP contribution >= 0.6 is 10.5 Å². The molecule has 0 aliphatic rings. The molecule has 0 aliphatic carbocycles. The molecule has 4 rings (SSSR count). The normalized spacial score (nSPS) is 12.2. The first kappa shape index (κ1) is 16.2. The van der Waals surface area contributed by atoms with Gasteiger partial charge in [-0.2, -0.15) is 0 Å². The van der Waals surface area contributed by atoms with E-state index in [2.05, 4.69) is 45.0 Å². The Kier molecular flexibility index (Phi) is 3.66. The molecule has 0 bridgehead atoms. The Hall–Kier alpha value is -2.26. The first-order chi connectivity index (χ1) is 11.8. The molecule has 0 N–H and O–H groups in total. The molecule has 4 aromatic rings. The van der Waals surface area contributed by atoms with Crippen LogP contribution in [0.25, 0.3) is 25.1 Å². The Morgan fingerprint density at radius 1 is 0.680 bits per heavy atom. The number of fused-ring (bicyclic) bond motifs is 3. The Labute approximate surface area is 148 Å². The molecule has 1 aromatic heterocycles. The lowest BCUT2D eigenvalue weighted by molar-refractivity contribution is 0.590. The number of halogens is 2. The van der Waals surface area contributed by atoms with Crippen LogP contribution in [0.4, 0.5) is 8.78 Å². The van der Waals surface area contributed by atoms with E-state index in [4.69, 9.17) is 0 Å². The topological polar surface area (TPSA) is 0 Å². The molecule has 0 spiro atoms. The van der Waals surface area contributed by atoms with Crippen LogP contribution in [0.5, 0.6) is 0 Å². The maximum Gasteiger partial charge on any atom is 0.187 e. The molecule has 126 valence electrons. The van der Waals surface area contributed by atoms with Gasteiger partial charge in [-0.15, -0.1) is 0 Å². The Morgan fingerprint density at radius 3 is 1.60 bits per heavy atom. The summed E-state index contributed by atoms with van der Waals surface area (Å²) in [6.45, 7) is 6.57. The Balaban J connectivity index is 2.03. The molecule has 0 amide bonds. The SMILES string of the molecule is CC(C)(C)c1ccc(-[s+]2c3ccc(F)cc3c3cc(F)ccc32)cc1.